The van der Waals surface area contributed by atoms with Crippen molar-refractivity contribution in [1.29, 1.82) is 0 Å². The van der Waals surface area contributed by atoms with Gasteiger partial charge >= 0.3 is 0 Å². The standard InChI is InChI=1S/C10H9Br3Cl3NO2/c11-10(12,13)5-6(7(14)8(15)16)9(18)17-1-3-19-4-2-17/h5H,1-4H2/b6-5+. The highest BCUT2D eigenvalue weighted by molar-refractivity contribution is 9.39. The molecule has 1 rings (SSSR count). The fourth-order valence-corrected chi connectivity index (χ4v) is 2.45. The number of alkyl halides is 3. The minimum atomic E-state index is -0.770. The van der Waals surface area contributed by atoms with Crippen LogP contribution in [0.2, 0.25) is 0 Å². The first-order valence-electron chi connectivity index (χ1n) is 5.10. The van der Waals surface area contributed by atoms with E-state index in [1.807, 2.05) is 0 Å². The number of rotatable bonds is 2. The molecular weight excluding hydrogens is 512 g/mol. The number of carbonyl (C=O) groups excluding carboxylic acids is 1. The highest BCUT2D eigenvalue weighted by Crippen LogP contribution is 2.39. The second-order valence-corrected chi connectivity index (χ2v) is 11.9. The third-order valence-electron chi connectivity index (χ3n) is 2.24. The number of hydrogen-bond acceptors (Lipinski definition) is 2. The number of halogens is 6. The van der Waals surface area contributed by atoms with Crippen LogP contribution in [0.4, 0.5) is 0 Å². The first-order valence-corrected chi connectivity index (χ1v) is 8.61. The van der Waals surface area contributed by atoms with Crippen LogP contribution in [-0.2, 0) is 9.53 Å². The van der Waals surface area contributed by atoms with Crippen molar-refractivity contribution >= 4 is 88.5 Å². The average Bonchev–Trinajstić information content (AvgIpc) is 2.34. The number of carbonyl (C=O) groups is 1. The van der Waals surface area contributed by atoms with Gasteiger partial charge in [-0.05, 0) is 6.08 Å². The van der Waals surface area contributed by atoms with Crippen LogP contribution in [0.15, 0.2) is 21.2 Å². The first kappa shape index (κ1) is 18.3. The summed E-state index contributed by atoms with van der Waals surface area (Å²) >= 11 is 27.2. The largest absolute Gasteiger partial charge is 0.378 e. The minimum Gasteiger partial charge on any atom is -0.378 e. The van der Waals surface area contributed by atoms with E-state index in [2.05, 4.69) is 47.8 Å². The molecule has 9 heteroatoms. The van der Waals surface area contributed by atoms with Crippen LogP contribution < -0.4 is 0 Å². The summed E-state index contributed by atoms with van der Waals surface area (Å²) in [4.78, 5) is 14.1. The van der Waals surface area contributed by atoms with Gasteiger partial charge in [-0.1, -0.05) is 82.6 Å². The third kappa shape index (κ3) is 6.24. The first-order chi connectivity index (χ1) is 8.72. The molecule has 19 heavy (non-hydrogen) atoms. The summed E-state index contributed by atoms with van der Waals surface area (Å²) in [6, 6.07) is 0. The van der Waals surface area contributed by atoms with E-state index in [1.54, 1.807) is 4.90 Å². The lowest BCUT2D eigenvalue weighted by molar-refractivity contribution is -0.130. The van der Waals surface area contributed by atoms with Gasteiger partial charge in [-0.2, -0.15) is 0 Å². The molecule has 0 aromatic rings. The molecule has 3 nitrogen and oxygen atoms in total. The van der Waals surface area contributed by atoms with E-state index in [0.29, 0.717) is 26.3 Å². The molecule has 0 radical (unpaired) electrons. The molecule has 0 aromatic heterocycles. The van der Waals surface area contributed by atoms with Gasteiger partial charge in [0.1, 0.15) is 4.49 Å². The van der Waals surface area contributed by atoms with Crippen molar-refractivity contribution in [3.05, 3.63) is 21.2 Å². The van der Waals surface area contributed by atoms with Gasteiger partial charge < -0.3 is 9.64 Å². The van der Waals surface area contributed by atoms with Crippen LogP contribution in [0.1, 0.15) is 0 Å². The van der Waals surface area contributed by atoms with Crippen LogP contribution in [-0.4, -0.2) is 39.3 Å². The molecule has 1 fully saturated rings. The quantitative estimate of drug-likeness (QED) is 0.305. The van der Waals surface area contributed by atoms with Crippen molar-refractivity contribution in [3.8, 4) is 0 Å². The van der Waals surface area contributed by atoms with Gasteiger partial charge in [0, 0.05) is 13.1 Å². The molecule has 1 amide bonds. The molecule has 0 saturated carbocycles. The molecule has 0 aromatic carbocycles. The molecule has 1 aliphatic heterocycles. The zero-order chi connectivity index (χ0) is 14.6. The zero-order valence-electron chi connectivity index (χ0n) is 9.44. The molecule has 0 spiro atoms. The van der Waals surface area contributed by atoms with Gasteiger partial charge in [0.15, 0.2) is 2.14 Å². The van der Waals surface area contributed by atoms with Crippen molar-refractivity contribution in [2.24, 2.45) is 0 Å². The van der Waals surface area contributed by atoms with E-state index >= 15 is 0 Å². The normalized spacial score (nSPS) is 17.4. The second kappa shape index (κ2) is 8.01. The highest BCUT2D eigenvalue weighted by Gasteiger charge is 2.27. The molecule has 0 bridgehead atoms. The van der Waals surface area contributed by atoms with Crippen molar-refractivity contribution in [1.82, 2.24) is 4.90 Å². The number of allylic oxidation sites excluding steroid dienone is 1. The van der Waals surface area contributed by atoms with Gasteiger partial charge in [0.05, 0.1) is 23.8 Å². The summed E-state index contributed by atoms with van der Waals surface area (Å²) in [7, 11) is 0. The van der Waals surface area contributed by atoms with Crippen LogP contribution in [0.25, 0.3) is 0 Å². The molecule has 0 aliphatic carbocycles. The van der Waals surface area contributed by atoms with Gasteiger partial charge in [0.25, 0.3) is 5.91 Å². The van der Waals surface area contributed by atoms with Crippen LogP contribution in [0.5, 0.6) is 0 Å². The smallest absolute Gasteiger partial charge is 0.255 e. The Morgan fingerprint density at radius 2 is 1.68 bits per heavy atom. The Morgan fingerprint density at radius 1 is 1.16 bits per heavy atom. The molecule has 1 saturated heterocycles. The molecule has 1 aliphatic rings. The monoisotopic (exact) mass is 517 g/mol. The summed E-state index contributed by atoms with van der Waals surface area (Å²) in [6.45, 7) is 1.99. The SMILES string of the molecule is O=C(/C(=C/C(Br)(Br)Br)C(Cl)=C(Cl)Cl)N1CCOCC1. The number of amides is 1. The Morgan fingerprint density at radius 3 is 2.11 bits per heavy atom. The molecule has 1 heterocycles. The third-order valence-corrected chi connectivity index (χ3v) is 3.89. The van der Waals surface area contributed by atoms with Crippen LogP contribution >= 0.6 is 82.6 Å². The summed E-state index contributed by atoms with van der Waals surface area (Å²) in [5.41, 5.74) is 0.203. The van der Waals surface area contributed by atoms with Gasteiger partial charge in [0.2, 0.25) is 0 Å². The molecule has 0 atom stereocenters. The zero-order valence-corrected chi connectivity index (χ0v) is 16.5. The van der Waals surface area contributed by atoms with E-state index in [9.17, 15) is 4.79 Å². The lowest BCUT2D eigenvalue weighted by atomic mass is 10.2. The van der Waals surface area contributed by atoms with Gasteiger partial charge in [-0.3, -0.25) is 4.79 Å². The van der Waals surface area contributed by atoms with Crippen molar-refractivity contribution in [2.75, 3.05) is 26.3 Å². The Labute approximate surface area is 151 Å². The maximum absolute atomic E-state index is 12.4. The summed E-state index contributed by atoms with van der Waals surface area (Å²) in [5, 5.41) is 0.00236. The fraction of sp³-hybridized carbons (Fsp3) is 0.500. The van der Waals surface area contributed by atoms with E-state index < -0.39 is 2.14 Å². The molecule has 108 valence electrons. The van der Waals surface area contributed by atoms with Gasteiger partial charge in [-0.15, -0.1) is 0 Å². The molecule has 0 N–H and O–H groups in total. The van der Waals surface area contributed by atoms with Crippen LogP contribution in [0.3, 0.4) is 0 Å². The Kier molecular flexibility index (Phi) is 7.70. The summed E-state index contributed by atoms with van der Waals surface area (Å²) < 4.78 is 4.27. The van der Waals surface area contributed by atoms with Gasteiger partial charge in [-0.25, -0.2) is 0 Å². The minimum absolute atomic E-state index is 0.00236. The maximum Gasteiger partial charge on any atom is 0.255 e. The lowest BCUT2D eigenvalue weighted by Gasteiger charge is -2.28. The van der Waals surface area contributed by atoms with Crippen molar-refractivity contribution in [2.45, 2.75) is 2.14 Å². The predicted molar refractivity (Wildman–Crippen MR) is 89.6 cm³/mol. The number of nitrogens with zero attached hydrogens (tertiary/aromatic N) is 1. The molecular formula is C10H9Br3Cl3NO2. The van der Waals surface area contributed by atoms with Crippen molar-refractivity contribution in [3.63, 3.8) is 0 Å². The number of morpholine rings is 1. The van der Waals surface area contributed by atoms with Crippen molar-refractivity contribution < 1.29 is 9.53 Å². The Bertz CT molecular complexity index is 411. The van der Waals surface area contributed by atoms with E-state index in [0.717, 1.165) is 0 Å². The predicted octanol–water partition coefficient (Wildman–Crippen LogP) is 4.50. The molecule has 0 unspecified atom stereocenters. The van der Waals surface area contributed by atoms with E-state index in [1.165, 1.54) is 6.08 Å². The average molecular weight is 521 g/mol. The summed E-state index contributed by atoms with van der Waals surface area (Å²) in [6.07, 6.45) is 1.54. The topological polar surface area (TPSA) is 29.5 Å². The number of hydrogen-bond donors (Lipinski definition) is 0. The number of ether oxygens (including phenoxy) is 1. The van der Waals surface area contributed by atoms with E-state index in [-0.39, 0.29) is 21.0 Å². The Hall–Kier alpha value is 1.22. The second-order valence-electron chi connectivity index (χ2n) is 3.58. The Balaban J connectivity index is 3.07. The fourth-order valence-electron chi connectivity index (χ4n) is 1.42. The lowest BCUT2D eigenvalue weighted by Crippen LogP contribution is -2.41. The highest BCUT2D eigenvalue weighted by atomic mass is 80.0. The van der Waals surface area contributed by atoms with E-state index in [4.69, 9.17) is 39.5 Å². The maximum atomic E-state index is 12.4. The van der Waals surface area contributed by atoms with Crippen LogP contribution in [0, 0.1) is 0 Å². The summed E-state index contributed by atoms with van der Waals surface area (Å²) in [5.74, 6) is -0.255.